The molecule has 20 heavy (non-hydrogen) atoms. The minimum atomic E-state index is -3.85. The minimum Gasteiger partial charge on any atom is -0.399 e. The van der Waals surface area contributed by atoms with Gasteiger partial charge in [-0.1, -0.05) is 11.6 Å². The molecule has 0 aliphatic carbocycles. The third kappa shape index (κ3) is 3.23. The number of sulfonamides is 1. The summed E-state index contributed by atoms with van der Waals surface area (Å²) in [6.07, 6.45) is 0. The maximum absolute atomic E-state index is 13.0. The van der Waals surface area contributed by atoms with E-state index < -0.39 is 15.8 Å². The van der Waals surface area contributed by atoms with E-state index in [0.717, 1.165) is 6.07 Å². The standard InChI is InChI=1S/C12H9BrClFN2O2S/c13-9-3-1-7(16)5-12(9)20(18,19)17-8-2-4-11(15)10(14)6-8/h1-6,17H,16H2. The van der Waals surface area contributed by atoms with E-state index >= 15 is 0 Å². The van der Waals surface area contributed by atoms with Gasteiger partial charge in [0.15, 0.2) is 0 Å². The molecule has 106 valence electrons. The summed E-state index contributed by atoms with van der Waals surface area (Å²) in [4.78, 5) is -0.0158. The van der Waals surface area contributed by atoms with Gasteiger partial charge in [-0.05, 0) is 52.3 Å². The molecule has 8 heteroatoms. The van der Waals surface area contributed by atoms with Crippen molar-refractivity contribution in [1.82, 2.24) is 0 Å². The Labute approximate surface area is 128 Å². The largest absolute Gasteiger partial charge is 0.399 e. The second-order valence-electron chi connectivity index (χ2n) is 3.92. The van der Waals surface area contributed by atoms with Gasteiger partial charge in [-0.2, -0.15) is 0 Å². The summed E-state index contributed by atoms with van der Waals surface area (Å²) < 4.78 is 40.2. The molecule has 0 unspecified atom stereocenters. The van der Waals surface area contributed by atoms with Crippen LogP contribution in [0.25, 0.3) is 0 Å². The molecule has 0 heterocycles. The highest BCUT2D eigenvalue weighted by molar-refractivity contribution is 9.10. The number of benzene rings is 2. The molecule has 0 bridgehead atoms. The van der Waals surface area contributed by atoms with E-state index in [9.17, 15) is 12.8 Å². The smallest absolute Gasteiger partial charge is 0.263 e. The molecule has 4 nitrogen and oxygen atoms in total. The molecular weight excluding hydrogens is 371 g/mol. The van der Waals surface area contributed by atoms with Crippen LogP contribution in [0, 0.1) is 5.82 Å². The maximum Gasteiger partial charge on any atom is 0.263 e. The van der Waals surface area contributed by atoms with Gasteiger partial charge in [0.05, 0.1) is 10.7 Å². The topological polar surface area (TPSA) is 72.2 Å². The molecular formula is C12H9BrClFN2O2S. The Hall–Kier alpha value is -1.31. The highest BCUT2D eigenvalue weighted by Crippen LogP contribution is 2.27. The first kappa shape index (κ1) is 15.1. The number of nitrogen functional groups attached to an aromatic ring is 1. The van der Waals surface area contributed by atoms with E-state index in [1.165, 1.54) is 24.3 Å². The van der Waals surface area contributed by atoms with Crippen LogP contribution in [-0.2, 0) is 10.0 Å². The van der Waals surface area contributed by atoms with Crippen LogP contribution < -0.4 is 10.5 Å². The van der Waals surface area contributed by atoms with E-state index in [-0.39, 0.29) is 15.6 Å². The lowest BCUT2D eigenvalue weighted by Crippen LogP contribution is -2.14. The maximum atomic E-state index is 13.0. The molecule has 0 aromatic heterocycles. The van der Waals surface area contributed by atoms with Crippen molar-refractivity contribution in [2.45, 2.75) is 4.90 Å². The Kier molecular flexibility index (Phi) is 4.22. The van der Waals surface area contributed by atoms with Crippen molar-refractivity contribution in [3.8, 4) is 0 Å². The molecule has 0 spiro atoms. The van der Waals surface area contributed by atoms with Crippen LogP contribution in [0.15, 0.2) is 45.8 Å². The van der Waals surface area contributed by atoms with Crippen LogP contribution >= 0.6 is 27.5 Å². The van der Waals surface area contributed by atoms with Gasteiger partial charge in [-0.3, -0.25) is 4.72 Å². The number of rotatable bonds is 3. The number of hydrogen-bond donors (Lipinski definition) is 2. The van der Waals surface area contributed by atoms with Gasteiger partial charge in [0.2, 0.25) is 0 Å². The van der Waals surface area contributed by atoms with E-state index in [0.29, 0.717) is 10.2 Å². The van der Waals surface area contributed by atoms with Crippen molar-refractivity contribution in [1.29, 1.82) is 0 Å². The predicted molar refractivity (Wildman–Crippen MR) is 80.8 cm³/mol. The zero-order valence-electron chi connectivity index (χ0n) is 9.90. The highest BCUT2D eigenvalue weighted by atomic mass is 79.9. The van der Waals surface area contributed by atoms with Crippen molar-refractivity contribution in [2.24, 2.45) is 0 Å². The third-order valence-electron chi connectivity index (χ3n) is 2.42. The van der Waals surface area contributed by atoms with Crippen molar-refractivity contribution in [3.63, 3.8) is 0 Å². The van der Waals surface area contributed by atoms with Crippen LogP contribution in [-0.4, -0.2) is 8.42 Å². The fraction of sp³-hybridized carbons (Fsp3) is 0. The Bertz CT molecular complexity index is 768. The average molecular weight is 380 g/mol. The first-order valence-electron chi connectivity index (χ1n) is 5.32. The van der Waals surface area contributed by atoms with E-state index in [1.807, 2.05) is 0 Å². The minimum absolute atomic E-state index is 0.0158. The van der Waals surface area contributed by atoms with E-state index in [1.54, 1.807) is 6.07 Å². The van der Waals surface area contributed by atoms with Crippen LogP contribution in [0.2, 0.25) is 5.02 Å². The van der Waals surface area contributed by atoms with Gasteiger partial charge in [-0.25, -0.2) is 12.8 Å². The van der Waals surface area contributed by atoms with Crippen LogP contribution in [0.4, 0.5) is 15.8 Å². The first-order chi connectivity index (χ1) is 9.29. The lowest BCUT2D eigenvalue weighted by molar-refractivity contribution is 0.600. The summed E-state index contributed by atoms with van der Waals surface area (Å²) in [7, 11) is -3.85. The molecule has 0 atom stereocenters. The molecule has 0 saturated heterocycles. The lowest BCUT2D eigenvalue weighted by atomic mass is 10.3. The van der Waals surface area contributed by atoms with Gasteiger partial charge in [0.1, 0.15) is 10.7 Å². The fourth-order valence-corrected chi connectivity index (χ4v) is 3.73. The van der Waals surface area contributed by atoms with E-state index in [4.69, 9.17) is 17.3 Å². The highest BCUT2D eigenvalue weighted by Gasteiger charge is 2.18. The molecule has 0 radical (unpaired) electrons. The number of nitrogens with two attached hydrogens (primary N) is 1. The van der Waals surface area contributed by atoms with E-state index in [2.05, 4.69) is 20.7 Å². The summed E-state index contributed by atoms with van der Waals surface area (Å²) in [5.74, 6) is -0.625. The summed E-state index contributed by atoms with van der Waals surface area (Å²) in [6.45, 7) is 0. The molecule has 0 amide bonds. The van der Waals surface area contributed by atoms with Crippen molar-refractivity contribution in [2.75, 3.05) is 10.5 Å². The Morgan fingerprint density at radius 3 is 2.55 bits per heavy atom. The molecule has 0 saturated carbocycles. The van der Waals surface area contributed by atoms with Crippen molar-refractivity contribution in [3.05, 3.63) is 51.7 Å². The van der Waals surface area contributed by atoms with Gasteiger partial charge in [0, 0.05) is 10.2 Å². The molecule has 2 rings (SSSR count). The van der Waals surface area contributed by atoms with Crippen LogP contribution in [0.5, 0.6) is 0 Å². The van der Waals surface area contributed by atoms with Gasteiger partial charge < -0.3 is 5.73 Å². The van der Waals surface area contributed by atoms with Gasteiger partial charge >= 0.3 is 0 Å². The van der Waals surface area contributed by atoms with Gasteiger partial charge in [-0.15, -0.1) is 0 Å². The van der Waals surface area contributed by atoms with Gasteiger partial charge in [0.25, 0.3) is 10.0 Å². The van der Waals surface area contributed by atoms with Crippen molar-refractivity contribution < 1.29 is 12.8 Å². The number of hydrogen-bond acceptors (Lipinski definition) is 3. The third-order valence-corrected chi connectivity index (χ3v) is 5.08. The second-order valence-corrected chi connectivity index (χ2v) is 6.84. The molecule has 0 aliphatic heterocycles. The number of halogens is 3. The quantitative estimate of drug-likeness (QED) is 0.800. The summed E-state index contributed by atoms with van der Waals surface area (Å²) in [5.41, 5.74) is 6.05. The molecule has 0 aliphatic rings. The molecule has 3 N–H and O–H groups in total. The van der Waals surface area contributed by atoms with Crippen LogP contribution in [0.3, 0.4) is 0 Å². The number of nitrogens with one attached hydrogen (secondary N) is 1. The second kappa shape index (κ2) is 5.59. The summed E-state index contributed by atoms with van der Waals surface area (Å²) in [6, 6.07) is 7.96. The zero-order chi connectivity index (χ0) is 14.9. The fourth-order valence-electron chi connectivity index (χ4n) is 1.50. The summed E-state index contributed by atoms with van der Waals surface area (Å²) >= 11 is 8.75. The Morgan fingerprint density at radius 2 is 1.90 bits per heavy atom. The zero-order valence-corrected chi connectivity index (χ0v) is 13.1. The predicted octanol–water partition coefficient (Wildman–Crippen LogP) is 3.62. The van der Waals surface area contributed by atoms with Crippen LogP contribution in [0.1, 0.15) is 0 Å². The normalized spacial score (nSPS) is 11.3. The number of anilines is 2. The lowest BCUT2D eigenvalue weighted by Gasteiger charge is -2.10. The monoisotopic (exact) mass is 378 g/mol. The first-order valence-corrected chi connectivity index (χ1v) is 7.98. The molecule has 2 aromatic rings. The Balaban J connectivity index is 2.40. The molecule has 0 fully saturated rings. The molecule has 2 aromatic carbocycles. The SMILES string of the molecule is Nc1ccc(Br)c(S(=O)(=O)Nc2ccc(F)c(Cl)c2)c1. The Morgan fingerprint density at radius 1 is 1.20 bits per heavy atom. The average Bonchev–Trinajstić information content (AvgIpc) is 2.36. The van der Waals surface area contributed by atoms with Crippen molar-refractivity contribution >= 4 is 48.9 Å². The summed E-state index contributed by atoms with van der Waals surface area (Å²) in [5, 5.41) is -0.170.